The fraction of sp³-hybridized carbons (Fsp3) is 0.185. The van der Waals surface area contributed by atoms with Crippen LogP contribution in [0, 0.1) is 0 Å². The Morgan fingerprint density at radius 1 is 0.788 bits per heavy atom. The van der Waals surface area contributed by atoms with Crippen LogP contribution in [0.1, 0.15) is 22.8 Å². The number of rotatable bonds is 9. The zero-order chi connectivity index (χ0) is 23.3. The molecule has 0 aliphatic heterocycles. The largest absolute Gasteiger partial charge is 0.265 e. The summed E-state index contributed by atoms with van der Waals surface area (Å²) in [6.07, 6.45) is 1.26. The Morgan fingerprint density at radius 2 is 1.39 bits per heavy atom. The van der Waals surface area contributed by atoms with Crippen LogP contribution in [-0.2, 0) is 31.5 Å². The molecule has 4 nitrogen and oxygen atoms in total. The zero-order valence-corrected chi connectivity index (χ0v) is 20.0. The van der Waals surface area contributed by atoms with E-state index >= 15 is 0 Å². The lowest BCUT2D eigenvalue weighted by Gasteiger charge is -2.27. The summed E-state index contributed by atoms with van der Waals surface area (Å²) in [5.74, 6) is 0. The van der Waals surface area contributed by atoms with Crippen molar-refractivity contribution in [3.05, 3.63) is 114 Å². The molecule has 0 aliphatic carbocycles. The molecule has 0 heterocycles. The van der Waals surface area contributed by atoms with Crippen LogP contribution in [0.5, 0.6) is 0 Å². The standard InChI is InChI=1S/C27H26O4S2/c1-33(29,30)31-26(20-19-21-11-4-2-5-12-21)27(32(28)23-15-6-3-7-16-23)25-18-10-14-22-13-8-9-17-24(22)25/h2-18,26-27H,19-20H2,1H3. The van der Waals surface area contributed by atoms with Gasteiger partial charge in [0.05, 0.1) is 28.4 Å². The Bertz CT molecular complexity index is 1330. The normalized spacial score (nSPS) is 14.6. The highest BCUT2D eigenvalue weighted by molar-refractivity contribution is 7.86. The van der Waals surface area contributed by atoms with Crippen molar-refractivity contribution < 1.29 is 16.8 Å². The van der Waals surface area contributed by atoms with Crippen molar-refractivity contribution in [2.75, 3.05) is 6.26 Å². The molecule has 4 aromatic rings. The van der Waals surface area contributed by atoms with Crippen LogP contribution in [0.4, 0.5) is 0 Å². The molecule has 0 aliphatic rings. The maximum Gasteiger partial charge on any atom is 0.264 e. The fourth-order valence-corrected chi connectivity index (χ4v) is 6.43. The van der Waals surface area contributed by atoms with Gasteiger partial charge in [0.25, 0.3) is 10.1 Å². The van der Waals surface area contributed by atoms with Crippen molar-refractivity contribution in [3.8, 4) is 0 Å². The minimum atomic E-state index is -3.78. The van der Waals surface area contributed by atoms with E-state index in [1.54, 1.807) is 0 Å². The number of hydrogen-bond acceptors (Lipinski definition) is 4. The molecule has 0 saturated heterocycles. The Kier molecular flexibility index (Phi) is 7.38. The second-order valence-electron chi connectivity index (χ2n) is 7.96. The van der Waals surface area contributed by atoms with Gasteiger partial charge in [0.15, 0.2) is 0 Å². The molecule has 33 heavy (non-hydrogen) atoms. The van der Waals surface area contributed by atoms with Crippen LogP contribution >= 0.6 is 0 Å². The van der Waals surface area contributed by atoms with Crippen molar-refractivity contribution in [2.45, 2.75) is 29.1 Å². The van der Waals surface area contributed by atoms with Gasteiger partial charge in [-0.05, 0) is 46.9 Å². The number of aryl methyl sites for hydroxylation is 1. The summed E-state index contributed by atoms with van der Waals surface area (Å²) in [5, 5.41) is 1.28. The van der Waals surface area contributed by atoms with Gasteiger partial charge in [-0.25, -0.2) is 0 Å². The van der Waals surface area contributed by atoms with Crippen molar-refractivity contribution in [1.82, 2.24) is 0 Å². The summed E-state index contributed by atoms with van der Waals surface area (Å²) < 4.78 is 44.2. The second kappa shape index (κ2) is 10.4. The highest BCUT2D eigenvalue weighted by Crippen LogP contribution is 2.37. The van der Waals surface area contributed by atoms with Gasteiger partial charge in [-0.1, -0.05) is 91.0 Å². The smallest absolute Gasteiger partial charge is 0.264 e. The molecule has 4 aromatic carbocycles. The summed E-state index contributed by atoms with van der Waals surface area (Å²) in [7, 11) is -5.32. The van der Waals surface area contributed by atoms with Crippen molar-refractivity contribution in [3.63, 3.8) is 0 Å². The van der Waals surface area contributed by atoms with Crippen LogP contribution in [0.2, 0.25) is 0 Å². The third-order valence-corrected chi connectivity index (χ3v) is 7.88. The minimum absolute atomic E-state index is 0.406. The van der Waals surface area contributed by atoms with Gasteiger partial charge in [-0.15, -0.1) is 0 Å². The maximum atomic E-state index is 14.0. The average Bonchev–Trinajstić information content (AvgIpc) is 2.83. The lowest BCUT2D eigenvalue weighted by atomic mass is 9.96. The molecule has 4 rings (SSSR count). The van der Waals surface area contributed by atoms with E-state index in [0.29, 0.717) is 17.7 Å². The van der Waals surface area contributed by atoms with Gasteiger partial charge in [-0.3, -0.25) is 8.39 Å². The third kappa shape index (κ3) is 5.96. The van der Waals surface area contributed by atoms with Crippen molar-refractivity contribution in [1.29, 1.82) is 0 Å². The zero-order valence-electron chi connectivity index (χ0n) is 18.3. The molecule has 0 radical (unpaired) electrons. The molecule has 3 atom stereocenters. The molecular formula is C27H26O4S2. The molecule has 6 heteroatoms. The van der Waals surface area contributed by atoms with Crippen molar-refractivity contribution in [2.24, 2.45) is 0 Å². The molecule has 170 valence electrons. The highest BCUT2D eigenvalue weighted by Gasteiger charge is 2.34. The molecule has 0 N–H and O–H groups in total. The van der Waals surface area contributed by atoms with E-state index in [1.807, 2.05) is 103 Å². The minimum Gasteiger partial charge on any atom is -0.265 e. The predicted octanol–water partition coefficient (Wildman–Crippen LogP) is 5.67. The van der Waals surface area contributed by atoms with Gasteiger partial charge >= 0.3 is 0 Å². The number of fused-ring (bicyclic) bond motifs is 1. The quantitative estimate of drug-likeness (QED) is 0.291. The summed E-state index contributed by atoms with van der Waals surface area (Å²) >= 11 is 0. The van der Waals surface area contributed by atoms with Crippen LogP contribution in [0.3, 0.4) is 0 Å². The molecule has 0 saturated carbocycles. The van der Waals surface area contributed by atoms with Gasteiger partial charge in [0, 0.05) is 4.90 Å². The summed E-state index contributed by atoms with van der Waals surface area (Å²) in [4.78, 5) is 0.636. The van der Waals surface area contributed by atoms with Crippen LogP contribution in [-0.4, -0.2) is 25.0 Å². The molecule has 0 bridgehead atoms. The van der Waals surface area contributed by atoms with E-state index in [9.17, 15) is 12.6 Å². The van der Waals surface area contributed by atoms with Gasteiger partial charge in [0.2, 0.25) is 0 Å². The first-order valence-corrected chi connectivity index (χ1v) is 13.8. The van der Waals surface area contributed by atoms with Crippen LogP contribution in [0.15, 0.2) is 108 Å². The number of benzene rings is 4. The van der Waals surface area contributed by atoms with E-state index in [4.69, 9.17) is 4.18 Å². The second-order valence-corrected chi connectivity index (χ2v) is 11.1. The molecule has 0 amide bonds. The van der Waals surface area contributed by atoms with E-state index in [-0.39, 0.29) is 0 Å². The van der Waals surface area contributed by atoms with E-state index in [2.05, 4.69) is 0 Å². The highest BCUT2D eigenvalue weighted by atomic mass is 32.2. The first-order valence-electron chi connectivity index (χ1n) is 10.8. The first-order chi connectivity index (χ1) is 15.9. The monoisotopic (exact) mass is 478 g/mol. The maximum absolute atomic E-state index is 14.0. The van der Waals surface area contributed by atoms with Gasteiger partial charge in [0.1, 0.15) is 0 Å². The van der Waals surface area contributed by atoms with Gasteiger partial charge < -0.3 is 0 Å². The first kappa shape index (κ1) is 23.4. The predicted molar refractivity (Wildman–Crippen MR) is 134 cm³/mol. The van der Waals surface area contributed by atoms with Crippen molar-refractivity contribution >= 4 is 31.7 Å². The molecule has 3 unspecified atom stereocenters. The average molecular weight is 479 g/mol. The van der Waals surface area contributed by atoms with E-state index < -0.39 is 32.3 Å². The third-order valence-electron chi connectivity index (χ3n) is 5.53. The fourth-order valence-electron chi connectivity index (χ4n) is 4.08. The molecule has 0 aromatic heterocycles. The Balaban J connectivity index is 1.83. The SMILES string of the molecule is CS(=O)(=O)OC(CCc1ccccc1)C(c1cccc2ccccc12)S(=O)c1ccccc1. The summed E-state index contributed by atoms with van der Waals surface area (Å²) in [6.45, 7) is 0. The van der Waals surface area contributed by atoms with Crippen LogP contribution in [0.25, 0.3) is 10.8 Å². The van der Waals surface area contributed by atoms with E-state index in [1.165, 1.54) is 0 Å². The Hall–Kier alpha value is -2.80. The number of hydrogen-bond donors (Lipinski definition) is 0. The van der Waals surface area contributed by atoms with E-state index in [0.717, 1.165) is 28.2 Å². The summed E-state index contributed by atoms with van der Waals surface area (Å²) in [6, 6.07) is 32.7. The van der Waals surface area contributed by atoms with Crippen LogP contribution < -0.4 is 0 Å². The molecule has 0 spiro atoms. The topological polar surface area (TPSA) is 60.4 Å². The summed E-state index contributed by atoms with van der Waals surface area (Å²) in [5.41, 5.74) is 1.89. The lowest BCUT2D eigenvalue weighted by molar-refractivity contribution is 0.196. The lowest BCUT2D eigenvalue weighted by Crippen LogP contribution is -2.29. The Morgan fingerprint density at radius 3 is 2.09 bits per heavy atom. The van der Waals surface area contributed by atoms with Gasteiger partial charge in [-0.2, -0.15) is 8.42 Å². The molecular weight excluding hydrogens is 452 g/mol. The molecule has 0 fully saturated rings. The Labute approximate surface area is 197 Å².